The van der Waals surface area contributed by atoms with Crippen molar-refractivity contribution >= 4 is 0 Å². The third-order valence-electron chi connectivity index (χ3n) is 3.64. The summed E-state index contributed by atoms with van der Waals surface area (Å²) in [4.78, 5) is 6.64. The van der Waals surface area contributed by atoms with Crippen LogP contribution in [0.15, 0.2) is 4.52 Å². The number of aromatic nitrogens is 2. The molecule has 1 fully saturated rings. The van der Waals surface area contributed by atoms with E-state index in [1.54, 1.807) is 0 Å². The van der Waals surface area contributed by atoms with Crippen molar-refractivity contribution in [2.75, 3.05) is 13.2 Å². The summed E-state index contributed by atoms with van der Waals surface area (Å²) in [5.74, 6) is 1.43. The van der Waals surface area contributed by atoms with Crippen LogP contribution in [0.25, 0.3) is 0 Å². The van der Waals surface area contributed by atoms with Gasteiger partial charge in [0.15, 0.2) is 5.82 Å². The van der Waals surface area contributed by atoms with Crippen LogP contribution in [0.5, 0.6) is 0 Å². The summed E-state index contributed by atoms with van der Waals surface area (Å²) in [5, 5.41) is 13.2. The Morgan fingerprint density at radius 1 is 1.33 bits per heavy atom. The lowest BCUT2D eigenvalue weighted by molar-refractivity contribution is 0.113. The number of aryl methyl sites for hydroxylation is 1. The summed E-state index contributed by atoms with van der Waals surface area (Å²) in [5.41, 5.74) is 0. The first-order chi connectivity index (χ1) is 8.83. The Morgan fingerprint density at radius 3 is 2.72 bits per heavy atom. The molecule has 1 aliphatic rings. The molecule has 102 valence electrons. The maximum absolute atomic E-state index is 9.19. The van der Waals surface area contributed by atoms with E-state index in [0.717, 1.165) is 12.2 Å². The van der Waals surface area contributed by atoms with Gasteiger partial charge in [0.25, 0.3) is 0 Å². The van der Waals surface area contributed by atoms with E-state index in [1.165, 1.54) is 32.1 Å². The quantitative estimate of drug-likeness (QED) is 0.837. The van der Waals surface area contributed by atoms with Crippen molar-refractivity contribution in [2.45, 2.75) is 58.0 Å². The van der Waals surface area contributed by atoms with E-state index in [2.05, 4.69) is 15.0 Å². The Labute approximate surface area is 108 Å². The van der Waals surface area contributed by atoms with E-state index in [0.29, 0.717) is 25.0 Å². The molecule has 1 saturated carbocycles. The lowest BCUT2D eigenvalue weighted by atomic mass is 9.94. The summed E-state index contributed by atoms with van der Waals surface area (Å²) in [6.45, 7) is 3.58. The number of hydrogen-bond acceptors (Lipinski definition) is 5. The number of hydrogen-bond donors (Lipinski definition) is 1. The molecule has 0 amide bonds. The highest BCUT2D eigenvalue weighted by molar-refractivity contribution is 4.88. The highest BCUT2D eigenvalue weighted by Crippen LogP contribution is 2.23. The molecule has 0 aliphatic heterocycles. The fourth-order valence-electron chi connectivity index (χ4n) is 2.64. The molecular weight excluding hydrogens is 230 g/mol. The average molecular weight is 253 g/mol. The predicted octanol–water partition coefficient (Wildman–Crippen LogP) is 1.76. The minimum Gasteiger partial charge on any atom is -0.395 e. The summed E-state index contributed by atoms with van der Waals surface area (Å²) in [7, 11) is 0. The van der Waals surface area contributed by atoms with E-state index in [1.807, 2.05) is 6.92 Å². The summed E-state index contributed by atoms with van der Waals surface area (Å²) < 4.78 is 5.13. The molecule has 18 heavy (non-hydrogen) atoms. The molecule has 0 unspecified atom stereocenters. The Bertz CT molecular complexity index is 348. The van der Waals surface area contributed by atoms with E-state index >= 15 is 0 Å². The first-order valence-corrected chi connectivity index (χ1v) is 7.00. The van der Waals surface area contributed by atoms with Crippen LogP contribution in [0.4, 0.5) is 0 Å². The van der Waals surface area contributed by atoms with Gasteiger partial charge in [0, 0.05) is 19.0 Å². The second kappa shape index (κ2) is 6.85. The van der Waals surface area contributed by atoms with Crippen LogP contribution in [0.3, 0.4) is 0 Å². The van der Waals surface area contributed by atoms with Gasteiger partial charge in [0.2, 0.25) is 5.89 Å². The molecule has 5 heteroatoms. The molecule has 0 saturated heterocycles. The van der Waals surface area contributed by atoms with Crippen LogP contribution in [0.1, 0.15) is 50.7 Å². The second-order valence-corrected chi connectivity index (χ2v) is 4.94. The molecule has 1 heterocycles. The van der Waals surface area contributed by atoms with Crippen molar-refractivity contribution < 1.29 is 9.63 Å². The number of nitrogens with zero attached hydrogens (tertiary/aromatic N) is 3. The van der Waals surface area contributed by atoms with Crippen LogP contribution in [-0.2, 0) is 13.0 Å². The Kier molecular flexibility index (Phi) is 5.13. The van der Waals surface area contributed by atoms with Gasteiger partial charge in [-0.05, 0) is 12.8 Å². The van der Waals surface area contributed by atoms with Gasteiger partial charge in [0.05, 0.1) is 13.2 Å². The standard InChI is InChI=1S/C13H23N3O2/c1-2-13-14-12(15-18-13)10-16(8-9-17)11-6-4-3-5-7-11/h11,17H,2-10H2,1H3. The molecule has 1 N–H and O–H groups in total. The van der Waals surface area contributed by atoms with Gasteiger partial charge >= 0.3 is 0 Å². The highest BCUT2D eigenvalue weighted by Gasteiger charge is 2.22. The predicted molar refractivity (Wildman–Crippen MR) is 68.0 cm³/mol. The third kappa shape index (κ3) is 3.53. The first-order valence-electron chi connectivity index (χ1n) is 7.00. The molecule has 0 aromatic carbocycles. The highest BCUT2D eigenvalue weighted by atomic mass is 16.5. The average Bonchev–Trinajstić information content (AvgIpc) is 2.87. The monoisotopic (exact) mass is 253 g/mol. The minimum absolute atomic E-state index is 0.189. The number of aliphatic hydroxyl groups excluding tert-OH is 1. The second-order valence-electron chi connectivity index (χ2n) is 4.94. The SMILES string of the molecule is CCc1nc(CN(CCO)C2CCCCC2)no1. The fraction of sp³-hybridized carbons (Fsp3) is 0.846. The van der Waals surface area contributed by atoms with E-state index in [4.69, 9.17) is 4.52 Å². The van der Waals surface area contributed by atoms with Crippen LogP contribution >= 0.6 is 0 Å². The molecule has 0 radical (unpaired) electrons. The normalized spacial score (nSPS) is 17.5. The fourth-order valence-corrected chi connectivity index (χ4v) is 2.64. The molecule has 2 rings (SSSR count). The summed E-state index contributed by atoms with van der Waals surface area (Å²) in [6, 6.07) is 0.564. The zero-order valence-corrected chi connectivity index (χ0v) is 11.1. The molecule has 0 atom stereocenters. The maximum atomic E-state index is 9.19. The zero-order valence-electron chi connectivity index (χ0n) is 11.1. The molecule has 0 bridgehead atoms. The molecule has 1 aliphatic carbocycles. The van der Waals surface area contributed by atoms with Gasteiger partial charge in [-0.15, -0.1) is 0 Å². The lowest BCUT2D eigenvalue weighted by Gasteiger charge is -2.32. The number of rotatable bonds is 6. The molecule has 0 spiro atoms. The largest absolute Gasteiger partial charge is 0.395 e. The van der Waals surface area contributed by atoms with Crippen LogP contribution in [0.2, 0.25) is 0 Å². The Morgan fingerprint density at radius 2 is 2.11 bits per heavy atom. The van der Waals surface area contributed by atoms with Crippen molar-refractivity contribution in [1.82, 2.24) is 15.0 Å². The third-order valence-corrected chi connectivity index (χ3v) is 3.64. The molecule has 1 aromatic heterocycles. The molecular formula is C13H23N3O2. The first kappa shape index (κ1) is 13.5. The van der Waals surface area contributed by atoms with Crippen molar-refractivity contribution in [3.63, 3.8) is 0 Å². The van der Waals surface area contributed by atoms with Gasteiger partial charge in [-0.25, -0.2) is 0 Å². The van der Waals surface area contributed by atoms with E-state index < -0.39 is 0 Å². The van der Waals surface area contributed by atoms with E-state index in [-0.39, 0.29) is 6.61 Å². The van der Waals surface area contributed by atoms with Crippen LogP contribution in [0, 0.1) is 0 Å². The van der Waals surface area contributed by atoms with Crippen LogP contribution in [-0.4, -0.2) is 39.3 Å². The molecule has 5 nitrogen and oxygen atoms in total. The lowest BCUT2D eigenvalue weighted by Crippen LogP contribution is -2.38. The van der Waals surface area contributed by atoms with Crippen molar-refractivity contribution in [1.29, 1.82) is 0 Å². The Hall–Kier alpha value is -0.940. The van der Waals surface area contributed by atoms with Gasteiger partial charge in [-0.2, -0.15) is 4.98 Å². The zero-order chi connectivity index (χ0) is 12.8. The van der Waals surface area contributed by atoms with Gasteiger partial charge in [-0.1, -0.05) is 31.3 Å². The van der Waals surface area contributed by atoms with Crippen molar-refractivity contribution in [3.8, 4) is 0 Å². The summed E-state index contributed by atoms with van der Waals surface area (Å²) >= 11 is 0. The number of aliphatic hydroxyl groups is 1. The van der Waals surface area contributed by atoms with Gasteiger partial charge < -0.3 is 9.63 Å². The molecule has 1 aromatic rings. The topological polar surface area (TPSA) is 62.4 Å². The minimum atomic E-state index is 0.189. The van der Waals surface area contributed by atoms with Gasteiger partial charge in [-0.3, -0.25) is 4.90 Å². The van der Waals surface area contributed by atoms with Crippen molar-refractivity contribution in [3.05, 3.63) is 11.7 Å². The maximum Gasteiger partial charge on any atom is 0.226 e. The smallest absolute Gasteiger partial charge is 0.226 e. The van der Waals surface area contributed by atoms with E-state index in [9.17, 15) is 5.11 Å². The Balaban J connectivity index is 1.95. The van der Waals surface area contributed by atoms with Gasteiger partial charge in [0.1, 0.15) is 0 Å². The van der Waals surface area contributed by atoms with Crippen molar-refractivity contribution in [2.24, 2.45) is 0 Å². The summed E-state index contributed by atoms with van der Waals surface area (Å²) in [6.07, 6.45) is 7.14. The van der Waals surface area contributed by atoms with Crippen LogP contribution < -0.4 is 0 Å².